The molecule has 74 valence electrons. The van der Waals surface area contributed by atoms with Crippen LogP contribution >= 0.6 is 45.2 Å². The molecule has 0 N–H and O–H groups in total. The van der Waals surface area contributed by atoms with Gasteiger partial charge in [0.1, 0.15) is 0 Å². The summed E-state index contributed by atoms with van der Waals surface area (Å²) in [5.74, 6) is 0. The molecule has 0 amide bonds. The number of aryl methyl sites for hydroxylation is 1. The minimum absolute atomic E-state index is 0. The largest absolute Gasteiger partial charge is 1.00 e. The molecule has 1 aromatic rings. The van der Waals surface area contributed by atoms with Gasteiger partial charge in [-0.1, -0.05) is 63.4 Å². The average molecular weight is 446 g/mol. The molecule has 1 rings (SSSR count). The Bertz CT molecular complexity index is 409. The average Bonchev–Trinajstić information content (AvgIpc) is 2.04. The molecule has 0 aliphatic heterocycles. The molecule has 0 atom stereocenters. The Kier molecular flexibility index (Phi) is 7.13. The van der Waals surface area contributed by atoms with E-state index in [9.17, 15) is 8.42 Å². The van der Waals surface area contributed by atoms with Crippen LogP contribution in [0.25, 0.3) is 0 Å². The second-order valence-electron chi connectivity index (χ2n) is 2.57. The first kappa shape index (κ1) is 15.6. The van der Waals surface area contributed by atoms with Crippen LogP contribution in [0.3, 0.4) is 0 Å². The van der Waals surface area contributed by atoms with E-state index in [4.69, 9.17) is 0 Å². The van der Waals surface area contributed by atoms with E-state index in [1.807, 2.05) is 64.2 Å². The Morgan fingerprint density at radius 1 is 1.29 bits per heavy atom. The minimum Gasteiger partial charge on any atom is -1.00 e. The fourth-order valence-electron chi connectivity index (χ4n) is 0.972. The van der Waals surface area contributed by atoms with Gasteiger partial charge >= 0.3 is 29.6 Å². The number of alkyl halides is 2. The molecule has 2 nitrogen and oxygen atoms in total. The summed E-state index contributed by atoms with van der Waals surface area (Å²) in [5, 5.41) is 0. The fraction of sp³-hybridized carbons (Fsp3) is 0.250. The molecule has 14 heavy (non-hydrogen) atoms. The molecule has 0 bridgehead atoms. The van der Waals surface area contributed by atoms with Gasteiger partial charge in [-0.25, -0.2) is 8.42 Å². The van der Waals surface area contributed by atoms with E-state index in [1.54, 1.807) is 12.1 Å². The Labute approximate surface area is 135 Å². The molecule has 6 heteroatoms. The van der Waals surface area contributed by atoms with Crippen LogP contribution in [0.2, 0.25) is 0 Å². The quantitative estimate of drug-likeness (QED) is 0.366. The van der Waals surface area contributed by atoms with E-state index < -0.39 is 11.1 Å². The van der Waals surface area contributed by atoms with Crippen LogP contribution in [0.5, 0.6) is 0 Å². The first-order chi connectivity index (χ1) is 5.96. The van der Waals surface area contributed by atoms with Crippen molar-refractivity contribution in [3.63, 3.8) is 0 Å². The van der Waals surface area contributed by atoms with Crippen LogP contribution in [-0.2, 0) is 9.84 Å². The zero-order chi connectivity index (χ0) is 10.1. The van der Waals surface area contributed by atoms with Crippen molar-refractivity contribution < 1.29 is 39.4 Å². The van der Waals surface area contributed by atoms with Gasteiger partial charge in [0, 0.05) is 0 Å². The predicted molar refractivity (Wildman–Crippen MR) is 71.3 cm³/mol. The van der Waals surface area contributed by atoms with E-state index >= 15 is 0 Å². The Balaban J connectivity index is 0. The maximum atomic E-state index is 11.7. The Morgan fingerprint density at radius 3 is 2.21 bits per heavy atom. The third-order valence-electron chi connectivity index (χ3n) is 1.63. The van der Waals surface area contributed by atoms with Gasteiger partial charge in [0.15, 0.2) is 11.1 Å². The van der Waals surface area contributed by atoms with Crippen molar-refractivity contribution in [1.29, 1.82) is 0 Å². The van der Waals surface area contributed by atoms with Gasteiger partial charge in [-0.2, -0.15) is 0 Å². The summed E-state index contributed by atoms with van der Waals surface area (Å²) in [6, 6.07) is 7.04. The van der Waals surface area contributed by atoms with Crippen molar-refractivity contribution in [2.45, 2.75) is 13.1 Å². The van der Waals surface area contributed by atoms with Crippen molar-refractivity contribution >= 4 is 55.0 Å². The standard InChI is InChI=1S/C8H8I2O2S.Na.H/c1-6-4-2-3-5-7(6)13(11,12)8(9)10;;/h2-5,8H,1H3;;/q;+1;-1. The zero-order valence-corrected chi connectivity index (χ0v) is 15.0. The maximum Gasteiger partial charge on any atom is 1.00 e. The third-order valence-corrected chi connectivity index (χ3v) is 7.19. The van der Waals surface area contributed by atoms with E-state index in [0.717, 1.165) is 5.56 Å². The molecule has 0 aliphatic carbocycles. The summed E-state index contributed by atoms with van der Waals surface area (Å²) in [7, 11) is -3.13. The van der Waals surface area contributed by atoms with Crippen LogP contribution in [0.4, 0.5) is 0 Å². The Morgan fingerprint density at radius 2 is 1.79 bits per heavy atom. The number of benzene rings is 1. The van der Waals surface area contributed by atoms with Gasteiger partial charge in [-0.3, -0.25) is 0 Å². The molecule has 1 aromatic carbocycles. The topological polar surface area (TPSA) is 34.1 Å². The van der Waals surface area contributed by atoms with Gasteiger partial charge in [0.2, 0.25) is 0 Å². The van der Waals surface area contributed by atoms with Gasteiger partial charge in [-0.15, -0.1) is 0 Å². The second kappa shape index (κ2) is 6.39. The van der Waals surface area contributed by atoms with Crippen molar-refractivity contribution in [2.75, 3.05) is 0 Å². The number of hydrogen-bond acceptors (Lipinski definition) is 2. The second-order valence-corrected chi connectivity index (χ2v) is 11.1. The molecule has 0 heterocycles. The monoisotopic (exact) mass is 446 g/mol. The predicted octanol–water partition coefficient (Wildman–Crippen LogP) is 0.0388. The van der Waals surface area contributed by atoms with Crippen LogP contribution in [0.15, 0.2) is 29.2 Å². The first-order valence-corrected chi connectivity index (χ1v) is 7.57. The van der Waals surface area contributed by atoms with E-state index in [1.165, 1.54) is 0 Å². The van der Waals surface area contributed by atoms with E-state index in [-0.39, 0.29) is 31.0 Å². The van der Waals surface area contributed by atoms with E-state index in [0.29, 0.717) is 4.90 Å². The van der Waals surface area contributed by atoms with E-state index in [2.05, 4.69) is 0 Å². The van der Waals surface area contributed by atoms with Crippen LogP contribution in [-0.4, -0.2) is 9.68 Å². The third kappa shape index (κ3) is 3.58. The number of rotatable bonds is 2. The fourth-order valence-corrected chi connectivity index (χ4v) is 3.59. The molecule has 0 radical (unpaired) electrons. The summed E-state index contributed by atoms with van der Waals surface area (Å²) >= 11 is 3.81. The van der Waals surface area contributed by atoms with Gasteiger partial charge in [0.05, 0.1) is 4.90 Å². The number of sulfone groups is 1. The van der Waals surface area contributed by atoms with Gasteiger partial charge in [0.25, 0.3) is 0 Å². The first-order valence-electron chi connectivity index (χ1n) is 3.54. The summed E-state index contributed by atoms with van der Waals surface area (Å²) < 4.78 is 23.1. The molecular formula is C8H9I2NaO2S. The van der Waals surface area contributed by atoms with Crippen molar-refractivity contribution in [1.82, 2.24) is 0 Å². The summed E-state index contributed by atoms with van der Waals surface area (Å²) in [4.78, 5) is 0.434. The molecular weight excluding hydrogens is 437 g/mol. The van der Waals surface area contributed by atoms with Crippen molar-refractivity contribution in [3.05, 3.63) is 29.8 Å². The summed E-state index contributed by atoms with van der Waals surface area (Å²) in [6.07, 6.45) is 0. The molecule has 0 saturated heterocycles. The molecule has 0 aliphatic rings. The van der Waals surface area contributed by atoms with Gasteiger partial charge in [-0.05, 0) is 18.6 Å². The number of hydrogen-bond donors (Lipinski definition) is 0. The molecule has 0 saturated carbocycles. The molecule has 0 unspecified atom stereocenters. The normalized spacial score (nSPS) is 11.1. The van der Waals surface area contributed by atoms with Crippen LogP contribution < -0.4 is 29.6 Å². The number of halogens is 2. The zero-order valence-electron chi connectivity index (χ0n) is 8.87. The van der Waals surface area contributed by atoms with Gasteiger partial charge < -0.3 is 1.43 Å². The van der Waals surface area contributed by atoms with Crippen molar-refractivity contribution in [2.24, 2.45) is 0 Å². The van der Waals surface area contributed by atoms with Crippen molar-refractivity contribution in [3.8, 4) is 0 Å². The summed E-state index contributed by atoms with van der Waals surface area (Å²) in [5.41, 5.74) is 0.806. The summed E-state index contributed by atoms with van der Waals surface area (Å²) in [6.45, 7) is 1.81. The Hall–Kier alpha value is 1.63. The maximum absolute atomic E-state index is 11.7. The molecule has 0 aromatic heterocycles. The molecule has 0 fully saturated rings. The smallest absolute Gasteiger partial charge is 1.00 e. The SMILES string of the molecule is Cc1ccccc1S(=O)(=O)C(I)I.[H-].[Na+]. The van der Waals surface area contributed by atoms with Crippen LogP contribution in [0.1, 0.15) is 6.99 Å². The van der Waals surface area contributed by atoms with Crippen LogP contribution in [0, 0.1) is 6.92 Å². The molecule has 0 spiro atoms. The minimum atomic E-state index is -3.13.